The summed E-state index contributed by atoms with van der Waals surface area (Å²) in [5.41, 5.74) is 2.65. The molecule has 22 heavy (non-hydrogen) atoms. The van der Waals surface area contributed by atoms with Crippen LogP contribution in [0.15, 0.2) is 24.3 Å². The summed E-state index contributed by atoms with van der Waals surface area (Å²) in [4.78, 5) is 14.9. The van der Waals surface area contributed by atoms with E-state index in [2.05, 4.69) is 11.4 Å². The minimum Gasteiger partial charge on any atom is -0.363 e. The lowest BCUT2D eigenvalue weighted by Gasteiger charge is -2.30. The van der Waals surface area contributed by atoms with Gasteiger partial charge in [-0.05, 0) is 36.9 Å². The lowest BCUT2D eigenvalue weighted by Crippen LogP contribution is -2.38. The van der Waals surface area contributed by atoms with Crippen molar-refractivity contribution in [1.29, 1.82) is 0 Å². The Labute approximate surface area is 137 Å². The number of carbonyl (C=O) groups is 1. The number of nitrogens with zero attached hydrogens (tertiary/aromatic N) is 1. The third-order valence-electron chi connectivity index (χ3n) is 5.30. The number of hydrogen-bond donors (Lipinski definition) is 1. The predicted octanol–water partition coefficient (Wildman–Crippen LogP) is 1.93. The van der Waals surface area contributed by atoms with Crippen molar-refractivity contribution < 1.29 is 9.53 Å². The van der Waals surface area contributed by atoms with Crippen molar-refractivity contribution >= 4 is 18.3 Å². The number of amides is 1. The number of nitrogens with one attached hydrogen (secondary N) is 1. The smallest absolute Gasteiger partial charge is 0.256 e. The molecular weight excluding hydrogens is 300 g/mol. The van der Waals surface area contributed by atoms with E-state index < -0.39 is 0 Å². The number of hydrogen-bond acceptors (Lipinski definition) is 3. The van der Waals surface area contributed by atoms with Crippen LogP contribution in [0.25, 0.3) is 0 Å². The first-order valence-corrected chi connectivity index (χ1v) is 7.96. The third-order valence-corrected chi connectivity index (χ3v) is 5.30. The molecule has 5 heteroatoms. The fraction of sp³-hybridized carbons (Fsp3) is 0.588. The molecule has 0 radical (unpaired) electrons. The van der Waals surface area contributed by atoms with Crippen LogP contribution in [-0.2, 0) is 16.0 Å². The first kappa shape index (κ1) is 15.8. The highest BCUT2D eigenvalue weighted by Gasteiger charge is 2.43. The van der Waals surface area contributed by atoms with E-state index in [4.69, 9.17) is 4.74 Å². The van der Waals surface area contributed by atoms with Crippen molar-refractivity contribution in [1.82, 2.24) is 10.2 Å². The highest BCUT2D eigenvalue weighted by molar-refractivity contribution is 5.85. The Bertz CT molecular complexity index is 557. The van der Waals surface area contributed by atoms with Crippen LogP contribution < -0.4 is 5.32 Å². The largest absolute Gasteiger partial charge is 0.363 e. The Morgan fingerprint density at radius 2 is 2.18 bits per heavy atom. The van der Waals surface area contributed by atoms with E-state index in [-0.39, 0.29) is 24.4 Å². The zero-order chi connectivity index (χ0) is 14.3. The van der Waals surface area contributed by atoms with Crippen LogP contribution in [-0.4, -0.2) is 43.6 Å². The second-order valence-corrected chi connectivity index (χ2v) is 6.64. The minimum atomic E-state index is -0.389. The van der Waals surface area contributed by atoms with E-state index in [1.165, 1.54) is 12.0 Å². The summed E-state index contributed by atoms with van der Waals surface area (Å²) in [7, 11) is 0. The fourth-order valence-corrected chi connectivity index (χ4v) is 4.03. The van der Waals surface area contributed by atoms with E-state index in [0.29, 0.717) is 12.0 Å². The lowest BCUT2D eigenvalue weighted by molar-refractivity contribution is -0.144. The summed E-state index contributed by atoms with van der Waals surface area (Å²) in [6.45, 7) is 4.56. The fourth-order valence-electron chi connectivity index (χ4n) is 4.03. The van der Waals surface area contributed by atoms with Crippen LogP contribution >= 0.6 is 12.4 Å². The van der Waals surface area contributed by atoms with Crippen molar-refractivity contribution in [2.75, 3.05) is 32.8 Å². The molecule has 1 aromatic carbocycles. The van der Waals surface area contributed by atoms with Gasteiger partial charge in [0, 0.05) is 25.0 Å². The van der Waals surface area contributed by atoms with E-state index in [0.717, 1.165) is 44.6 Å². The molecule has 2 fully saturated rings. The molecule has 3 heterocycles. The summed E-state index contributed by atoms with van der Waals surface area (Å²) >= 11 is 0. The summed E-state index contributed by atoms with van der Waals surface area (Å²) in [5.74, 6) is 0.158. The second kappa shape index (κ2) is 6.19. The number of fused-ring (bicyclic) bond motifs is 1. The maximum absolute atomic E-state index is 12.9. The Morgan fingerprint density at radius 3 is 3.00 bits per heavy atom. The Balaban J connectivity index is 0.00000144. The molecule has 0 bridgehead atoms. The van der Waals surface area contributed by atoms with Crippen LogP contribution in [0.3, 0.4) is 0 Å². The van der Waals surface area contributed by atoms with Gasteiger partial charge in [0.05, 0.1) is 6.61 Å². The van der Waals surface area contributed by atoms with Crippen LogP contribution in [0, 0.1) is 5.41 Å². The lowest BCUT2D eigenvalue weighted by atomic mass is 9.86. The number of benzene rings is 1. The van der Waals surface area contributed by atoms with Crippen molar-refractivity contribution in [3.8, 4) is 0 Å². The van der Waals surface area contributed by atoms with Gasteiger partial charge < -0.3 is 15.0 Å². The van der Waals surface area contributed by atoms with Crippen molar-refractivity contribution in [3.63, 3.8) is 0 Å². The van der Waals surface area contributed by atoms with Gasteiger partial charge in [0.2, 0.25) is 0 Å². The number of halogens is 1. The number of rotatable bonds is 1. The topological polar surface area (TPSA) is 41.6 Å². The van der Waals surface area contributed by atoms with Crippen molar-refractivity contribution in [2.24, 2.45) is 5.41 Å². The maximum atomic E-state index is 12.9. The van der Waals surface area contributed by atoms with Gasteiger partial charge in [-0.3, -0.25) is 4.79 Å². The predicted molar refractivity (Wildman–Crippen MR) is 87.2 cm³/mol. The highest BCUT2D eigenvalue weighted by Crippen LogP contribution is 2.38. The normalized spacial score (nSPS) is 30.2. The van der Waals surface area contributed by atoms with Gasteiger partial charge in [-0.15, -0.1) is 12.4 Å². The summed E-state index contributed by atoms with van der Waals surface area (Å²) in [6, 6.07) is 8.20. The van der Waals surface area contributed by atoms with E-state index in [9.17, 15) is 4.79 Å². The molecule has 2 unspecified atom stereocenters. The van der Waals surface area contributed by atoms with Gasteiger partial charge in [-0.25, -0.2) is 0 Å². The zero-order valence-electron chi connectivity index (χ0n) is 12.7. The molecule has 4 rings (SSSR count). The van der Waals surface area contributed by atoms with E-state index >= 15 is 0 Å². The molecule has 3 aliphatic heterocycles. The second-order valence-electron chi connectivity index (χ2n) is 6.64. The first-order valence-electron chi connectivity index (χ1n) is 7.96. The quantitative estimate of drug-likeness (QED) is 0.859. The molecule has 0 aromatic heterocycles. The van der Waals surface area contributed by atoms with Gasteiger partial charge in [-0.2, -0.15) is 0 Å². The average molecular weight is 323 g/mol. The van der Waals surface area contributed by atoms with Gasteiger partial charge >= 0.3 is 0 Å². The van der Waals surface area contributed by atoms with Crippen LogP contribution in [0.4, 0.5) is 0 Å². The van der Waals surface area contributed by atoms with Crippen molar-refractivity contribution in [3.05, 3.63) is 35.4 Å². The number of likely N-dealkylation sites (tertiary alicyclic amines) is 1. The van der Waals surface area contributed by atoms with Gasteiger partial charge in [-0.1, -0.05) is 24.3 Å². The minimum absolute atomic E-state index is 0. The molecule has 1 spiro atoms. The molecule has 4 nitrogen and oxygen atoms in total. The van der Waals surface area contributed by atoms with Crippen molar-refractivity contribution in [2.45, 2.75) is 25.4 Å². The molecule has 0 aliphatic carbocycles. The zero-order valence-corrected chi connectivity index (χ0v) is 13.5. The molecule has 2 atom stereocenters. The molecule has 3 aliphatic rings. The molecule has 1 aromatic rings. The van der Waals surface area contributed by atoms with Crippen LogP contribution in [0.5, 0.6) is 0 Å². The SMILES string of the molecule is Cl.O=C(C1OCCc2ccccc21)N1CCC2(CCNC2)C1. The monoisotopic (exact) mass is 322 g/mol. The molecule has 120 valence electrons. The van der Waals surface area contributed by atoms with Crippen LogP contribution in [0.1, 0.15) is 30.1 Å². The molecule has 0 saturated carbocycles. The Hall–Kier alpha value is -1.10. The first-order chi connectivity index (χ1) is 10.3. The van der Waals surface area contributed by atoms with Gasteiger partial charge in [0.1, 0.15) is 0 Å². The molecule has 1 N–H and O–H groups in total. The summed E-state index contributed by atoms with van der Waals surface area (Å²) in [6.07, 6.45) is 2.84. The van der Waals surface area contributed by atoms with Gasteiger partial charge in [0.25, 0.3) is 5.91 Å². The maximum Gasteiger partial charge on any atom is 0.256 e. The standard InChI is InChI=1S/C17H22N2O2.ClH/c20-16(19-9-7-17(12-19)6-8-18-11-17)15-14-4-2-1-3-13(14)5-10-21-15;/h1-4,15,18H,5-12H2;1H. The van der Waals surface area contributed by atoms with E-state index in [1.807, 2.05) is 23.1 Å². The van der Waals surface area contributed by atoms with Gasteiger partial charge in [0.15, 0.2) is 6.10 Å². The number of carbonyl (C=O) groups excluding carboxylic acids is 1. The summed E-state index contributed by atoms with van der Waals surface area (Å²) < 4.78 is 5.82. The highest BCUT2D eigenvalue weighted by atomic mass is 35.5. The van der Waals surface area contributed by atoms with E-state index in [1.54, 1.807) is 0 Å². The molecule has 2 saturated heterocycles. The summed E-state index contributed by atoms with van der Waals surface area (Å²) in [5, 5.41) is 3.44. The Morgan fingerprint density at radius 1 is 1.32 bits per heavy atom. The Kier molecular flexibility index (Phi) is 4.44. The van der Waals surface area contributed by atoms with Crippen LogP contribution in [0.2, 0.25) is 0 Å². The molecule has 1 amide bonds. The average Bonchev–Trinajstić information content (AvgIpc) is 3.17. The third kappa shape index (κ3) is 2.64. The number of ether oxygens (including phenoxy) is 1. The molecular formula is C17H23ClN2O2.